The largest absolute Gasteiger partial charge is 0.478 e. The predicted octanol–water partition coefficient (Wildman–Crippen LogP) is 2.62. The lowest BCUT2D eigenvalue weighted by Gasteiger charge is -2.11. The highest BCUT2D eigenvalue weighted by Gasteiger charge is 2.10. The molecule has 4 N–H and O–H groups in total. The Morgan fingerprint density at radius 3 is 2.53 bits per heavy atom. The van der Waals surface area contributed by atoms with Crippen molar-refractivity contribution in [2.45, 2.75) is 6.42 Å². The molecule has 2 aromatic rings. The van der Waals surface area contributed by atoms with Crippen molar-refractivity contribution in [2.24, 2.45) is 0 Å². The monoisotopic (exact) mass is 256 g/mol. The molecule has 2 aromatic carbocycles. The van der Waals surface area contributed by atoms with Crippen LogP contribution in [0.3, 0.4) is 0 Å². The van der Waals surface area contributed by atoms with Crippen LogP contribution >= 0.6 is 0 Å². The third-order valence-electron chi connectivity index (χ3n) is 2.91. The van der Waals surface area contributed by atoms with Crippen molar-refractivity contribution in [3.63, 3.8) is 0 Å². The van der Waals surface area contributed by atoms with Gasteiger partial charge in [0.1, 0.15) is 0 Å². The third kappa shape index (κ3) is 3.25. The summed E-state index contributed by atoms with van der Waals surface area (Å²) in [6.07, 6.45) is 0.859. The molecule has 0 aliphatic rings. The minimum absolute atomic E-state index is 0.129. The van der Waals surface area contributed by atoms with E-state index in [1.165, 1.54) is 11.6 Å². The molecule has 0 atom stereocenters. The van der Waals surface area contributed by atoms with Gasteiger partial charge in [0.25, 0.3) is 0 Å². The fourth-order valence-corrected chi connectivity index (χ4v) is 1.89. The molecule has 0 radical (unpaired) electrons. The van der Waals surface area contributed by atoms with Gasteiger partial charge >= 0.3 is 5.97 Å². The molecule has 4 nitrogen and oxygen atoms in total. The Balaban J connectivity index is 2.00. The lowest BCUT2D eigenvalue weighted by atomic mass is 10.1. The highest BCUT2D eigenvalue weighted by molar-refractivity contribution is 5.97. The average Bonchev–Trinajstić information content (AvgIpc) is 2.41. The molecule has 0 amide bonds. The number of nitrogens with one attached hydrogen (secondary N) is 1. The molecule has 0 unspecified atom stereocenters. The van der Waals surface area contributed by atoms with Crippen molar-refractivity contribution in [1.29, 1.82) is 0 Å². The summed E-state index contributed by atoms with van der Waals surface area (Å²) < 4.78 is 0. The number of nitrogen functional groups attached to an aromatic ring is 1. The number of aromatic carboxylic acids is 1. The molecular formula is C15H16N2O2. The number of rotatable bonds is 5. The van der Waals surface area contributed by atoms with E-state index >= 15 is 0 Å². The minimum atomic E-state index is -1.01. The maximum atomic E-state index is 11.0. The van der Waals surface area contributed by atoms with E-state index < -0.39 is 5.97 Å². The van der Waals surface area contributed by atoms with E-state index in [1.807, 2.05) is 18.2 Å². The van der Waals surface area contributed by atoms with E-state index in [0.29, 0.717) is 12.2 Å². The van der Waals surface area contributed by atoms with Gasteiger partial charge in [0, 0.05) is 6.54 Å². The Bertz CT molecular complexity index is 568. The van der Waals surface area contributed by atoms with Gasteiger partial charge in [-0.2, -0.15) is 0 Å². The lowest BCUT2D eigenvalue weighted by molar-refractivity contribution is 0.0698. The average molecular weight is 256 g/mol. The fraction of sp³-hybridized carbons (Fsp3) is 0.133. The molecule has 4 heteroatoms. The Morgan fingerprint density at radius 1 is 1.11 bits per heavy atom. The zero-order valence-corrected chi connectivity index (χ0v) is 10.5. The first kappa shape index (κ1) is 13.0. The predicted molar refractivity (Wildman–Crippen MR) is 76.4 cm³/mol. The first-order valence-electron chi connectivity index (χ1n) is 6.08. The summed E-state index contributed by atoms with van der Waals surface area (Å²) in [6.45, 7) is 0.706. The first-order valence-corrected chi connectivity index (χ1v) is 6.08. The summed E-state index contributed by atoms with van der Waals surface area (Å²) in [7, 11) is 0. The topological polar surface area (TPSA) is 75.3 Å². The summed E-state index contributed by atoms with van der Waals surface area (Å²) in [6, 6.07) is 15.0. The van der Waals surface area contributed by atoms with Crippen LogP contribution in [0.5, 0.6) is 0 Å². The number of carboxylic acid groups (broad SMARTS) is 1. The number of hydrogen-bond donors (Lipinski definition) is 3. The van der Waals surface area contributed by atoms with Crippen molar-refractivity contribution in [3.8, 4) is 0 Å². The zero-order valence-electron chi connectivity index (χ0n) is 10.5. The van der Waals surface area contributed by atoms with Crippen LogP contribution in [0.1, 0.15) is 15.9 Å². The van der Waals surface area contributed by atoms with Gasteiger partial charge in [-0.15, -0.1) is 0 Å². The fourth-order valence-electron chi connectivity index (χ4n) is 1.89. The number of carboxylic acids is 1. The lowest BCUT2D eigenvalue weighted by Crippen LogP contribution is -2.10. The van der Waals surface area contributed by atoms with Gasteiger partial charge in [0.05, 0.1) is 16.9 Å². The number of para-hydroxylation sites is 1. The maximum absolute atomic E-state index is 11.0. The number of hydrogen-bond acceptors (Lipinski definition) is 3. The van der Waals surface area contributed by atoms with Crippen LogP contribution in [0.2, 0.25) is 0 Å². The molecule has 2 rings (SSSR count). The molecule has 0 aromatic heterocycles. The van der Waals surface area contributed by atoms with E-state index in [4.69, 9.17) is 10.8 Å². The molecule has 0 saturated carbocycles. The minimum Gasteiger partial charge on any atom is -0.478 e. The molecule has 98 valence electrons. The number of nitrogens with two attached hydrogens (primary N) is 1. The van der Waals surface area contributed by atoms with Crippen molar-refractivity contribution < 1.29 is 9.90 Å². The van der Waals surface area contributed by atoms with Crippen LogP contribution < -0.4 is 11.1 Å². The van der Waals surface area contributed by atoms with Crippen LogP contribution in [0.25, 0.3) is 0 Å². The summed E-state index contributed by atoms with van der Waals surface area (Å²) >= 11 is 0. The molecule has 0 fully saturated rings. The van der Waals surface area contributed by atoms with Crippen molar-refractivity contribution in [2.75, 3.05) is 17.6 Å². The summed E-state index contributed by atoms with van der Waals surface area (Å²) in [4.78, 5) is 11.0. The van der Waals surface area contributed by atoms with E-state index in [0.717, 1.165) is 6.42 Å². The Kier molecular flexibility index (Phi) is 4.03. The highest BCUT2D eigenvalue weighted by atomic mass is 16.4. The molecule has 0 spiro atoms. The molecule has 19 heavy (non-hydrogen) atoms. The third-order valence-corrected chi connectivity index (χ3v) is 2.91. The van der Waals surface area contributed by atoms with E-state index in [9.17, 15) is 4.79 Å². The Hall–Kier alpha value is -2.49. The summed E-state index contributed by atoms with van der Waals surface area (Å²) in [5.41, 5.74) is 8.12. The molecule has 0 aliphatic carbocycles. The number of anilines is 2. The van der Waals surface area contributed by atoms with E-state index in [2.05, 4.69) is 17.4 Å². The highest BCUT2D eigenvalue weighted by Crippen LogP contribution is 2.22. The maximum Gasteiger partial charge on any atom is 0.337 e. The van der Waals surface area contributed by atoms with Crippen LogP contribution in [-0.2, 0) is 6.42 Å². The standard InChI is InChI=1S/C15H16N2O2/c16-14-12(15(18)19)7-4-8-13(14)17-10-9-11-5-2-1-3-6-11/h1-8,17H,9-10,16H2,(H,18,19). The zero-order chi connectivity index (χ0) is 13.7. The van der Waals surface area contributed by atoms with E-state index in [1.54, 1.807) is 12.1 Å². The van der Waals surface area contributed by atoms with Crippen molar-refractivity contribution >= 4 is 17.3 Å². The number of carbonyl (C=O) groups is 1. The molecule has 0 heterocycles. The second-order valence-corrected chi connectivity index (χ2v) is 4.23. The quantitative estimate of drug-likeness (QED) is 0.719. The van der Waals surface area contributed by atoms with Crippen LogP contribution in [0, 0.1) is 0 Å². The first-order chi connectivity index (χ1) is 9.18. The Labute approximate surface area is 111 Å². The second kappa shape index (κ2) is 5.91. The van der Waals surface area contributed by atoms with Gasteiger partial charge in [-0.1, -0.05) is 36.4 Å². The van der Waals surface area contributed by atoms with Gasteiger partial charge in [-0.3, -0.25) is 0 Å². The number of benzene rings is 2. The van der Waals surface area contributed by atoms with Crippen molar-refractivity contribution in [3.05, 3.63) is 59.7 Å². The van der Waals surface area contributed by atoms with Crippen LogP contribution in [-0.4, -0.2) is 17.6 Å². The molecule has 0 saturated heterocycles. The second-order valence-electron chi connectivity index (χ2n) is 4.23. The SMILES string of the molecule is Nc1c(NCCc2ccccc2)cccc1C(=O)O. The van der Waals surface area contributed by atoms with Crippen LogP contribution in [0.15, 0.2) is 48.5 Å². The molecule has 0 bridgehead atoms. The molecule has 0 aliphatic heterocycles. The normalized spacial score (nSPS) is 10.1. The van der Waals surface area contributed by atoms with Gasteiger partial charge in [-0.05, 0) is 24.1 Å². The van der Waals surface area contributed by atoms with Crippen molar-refractivity contribution in [1.82, 2.24) is 0 Å². The summed E-state index contributed by atoms with van der Waals surface area (Å²) in [5, 5.41) is 12.2. The molecular weight excluding hydrogens is 240 g/mol. The van der Waals surface area contributed by atoms with Crippen LogP contribution in [0.4, 0.5) is 11.4 Å². The van der Waals surface area contributed by atoms with Gasteiger partial charge in [-0.25, -0.2) is 4.79 Å². The van der Waals surface area contributed by atoms with Gasteiger partial charge in [0.15, 0.2) is 0 Å². The summed E-state index contributed by atoms with van der Waals surface area (Å²) in [5.74, 6) is -1.01. The van der Waals surface area contributed by atoms with Gasteiger partial charge < -0.3 is 16.2 Å². The Morgan fingerprint density at radius 2 is 1.84 bits per heavy atom. The smallest absolute Gasteiger partial charge is 0.337 e. The van der Waals surface area contributed by atoms with E-state index in [-0.39, 0.29) is 11.3 Å². The van der Waals surface area contributed by atoms with Gasteiger partial charge in [0.2, 0.25) is 0 Å².